The van der Waals surface area contributed by atoms with Crippen molar-refractivity contribution in [3.05, 3.63) is 35.9 Å². The number of hydrogen-bond acceptors (Lipinski definition) is 3. The summed E-state index contributed by atoms with van der Waals surface area (Å²) in [4.78, 5) is 14.3. The molecule has 1 aromatic rings. The molecule has 2 bridgehead atoms. The number of fused-ring (bicyclic) bond motifs is 3. The second-order valence-electron chi connectivity index (χ2n) is 5.33. The highest BCUT2D eigenvalue weighted by molar-refractivity contribution is 5.72. The van der Waals surface area contributed by atoms with E-state index in [0.29, 0.717) is 12.3 Å². The molecule has 3 aliphatic heterocycles. The van der Waals surface area contributed by atoms with Crippen molar-refractivity contribution >= 4 is 5.97 Å². The Morgan fingerprint density at radius 1 is 1.22 bits per heavy atom. The molecule has 3 fully saturated rings. The Morgan fingerprint density at radius 3 is 2.56 bits per heavy atom. The molecule has 1 atom stereocenters. The molecule has 3 heterocycles. The SMILES string of the molecule is O=C(Cc1ccccc1)OC1CN2CCC1CC2. The third kappa shape index (κ3) is 2.56. The van der Waals surface area contributed by atoms with E-state index in [1.807, 2.05) is 30.3 Å². The van der Waals surface area contributed by atoms with Crippen LogP contribution in [0.2, 0.25) is 0 Å². The van der Waals surface area contributed by atoms with Crippen molar-refractivity contribution in [2.24, 2.45) is 5.92 Å². The first-order chi connectivity index (χ1) is 8.81. The molecule has 3 heteroatoms. The molecule has 0 spiro atoms. The van der Waals surface area contributed by atoms with Gasteiger partial charge in [0.15, 0.2) is 0 Å². The van der Waals surface area contributed by atoms with E-state index in [-0.39, 0.29) is 12.1 Å². The molecule has 0 N–H and O–H groups in total. The molecule has 1 unspecified atom stereocenters. The van der Waals surface area contributed by atoms with Crippen LogP contribution >= 0.6 is 0 Å². The minimum absolute atomic E-state index is 0.0834. The fourth-order valence-electron chi connectivity index (χ4n) is 3.02. The van der Waals surface area contributed by atoms with Crippen molar-refractivity contribution in [3.8, 4) is 0 Å². The van der Waals surface area contributed by atoms with E-state index in [9.17, 15) is 4.79 Å². The Balaban J connectivity index is 1.55. The van der Waals surface area contributed by atoms with Crippen LogP contribution in [0, 0.1) is 5.92 Å². The number of piperidine rings is 3. The number of rotatable bonds is 3. The summed E-state index contributed by atoms with van der Waals surface area (Å²) in [6.45, 7) is 3.29. The fourth-order valence-corrected chi connectivity index (χ4v) is 3.02. The summed E-state index contributed by atoms with van der Waals surface area (Å²) in [7, 11) is 0. The number of ether oxygens (including phenoxy) is 1. The largest absolute Gasteiger partial charge is 0.460 e. The normalized spacial score (nSPS) is 30.1. The van der Waals surface area contributed by atoms with E-state index in [1.54, 1.807) is 0 Å². The van der Waals surface area contributed by atoms with Gasteiger partial charge in [-0.15, -0.1) is 0 Å². The summed E-state index contributed by atoms with van der Waals surface area (Å²) in [5.74, 6) is 0.509. The summed E-state index contributed by atoms with van der Waals surface area (Å²) in [6.07, 6.45) is 2.89. The van der Waals surface area contributed by atoms with E-state index in [2.05, 4.69) is 4.90 Å². The van der Waals surface area contributed by atoms with Crippen molar-refractivity contribution < 1.29 is 9.53 Å². The third-order valence-corrected chi connectivity index (χ3v) is 4.07. The zero-order valence-electron chi connectivity index (χ0n) is 10.5. The van der Waals surface area contributed by atoms with Gasteiger partial charge in [0.1, 0.15) is 6.10 Å². The summed E-state index contributed by atoms with van der Waals surface area (Å²) in [5, 5.41) is 0. The summed E-state index contributed by atoms with van der Waals surface area (Å²) >= 11 is 0. The van der Waals surface area contributed by atoms with Crippen LogP contribution < -0.4 is 0 Å². The Bertz CT molecular complexity index is 410. The van der Waals surface area contributed by atoms with Crippen molar-refractivity contribution in [2.45, 2.75) is 25.4 Å². The van der Waals surface area contributed by atoms with Crippen LogP contribution in [0.3, 0.4) is 0 Å². The topological polar surface area (TPSA) is 29.5 Å². The third-order valence-electron chi connectivity index (χ3n) is 4.07. The van der Waals surface area contributed by atoms with Gasteiger partial charge >= 0.3 is 5.97 Å². The first kappa shape index (κ1) is 11.7. The maximum Gasteiger partial charge on any atom is 0.310 e. The van der Waals surface area contributed by atoms with Gasteiger partial charge in [-0.2, -0.15) is 0 Å². The predicted molar refractivity (Wildman–Crippen MR) is 69.2 cm³/mol. The van der Waals surface area contributed by atoms with E-state index in [0.717, 1.165) is 12.1 Å². The van der Waals surface area contributed by atoms with Crippen molar-refractivity contribution in [1.82, 2.24) is 4.90 Å². The molecule has 4 rings (SSSR count). The van der Waals surface area contributed by atoms with Gasteiger partial charge in [-0.1, -0.05) is 30.3 Å². The first-order valence-corrected chi connectivity index (χ1v) is 6.77. The quantitative estimate of drug-likeness (QED) is 0.761. The zero-order chi connectivity index (χ0) is 12.4. The highest BCUT2D eigenvalue weighted by Crippen LogP contribution is 2.29. The summed E-state index contributed by atoms with van der Waals surface area (Å²) in [5.41, 5.74) is 1.03. The van der Waals surface area contributed by atoms with Crippen LogP contribution in [0.4, 0.5) is 0 Å². The van der Waals surface area contributed by atoms with Crippen molar-refractivity contribution in [2.75, 3.05) is 19.6 Å². The molecule has 1 aromatic carbocycles. The molecule has 18 heavy (non-hydrogen) atoms. The lowest BCUT2D eigenvalue weighted by molar-refractivity contribution is -0.157. The Labute approximate surface area is 108 Å². The van der Waals surface area contributed by atoms with Gasteiger partial charge in [-0.25, -0.2) is 0 Å². The molecule has 3 aliphatic rings. The molecule has 3 saturated heterocycles. The number of hydrogen-bond donors (Lipinski definition) is 0. The molecule has 3 nitrogen and oxygen atoms in total. The predicted octanol–water partition coefficient (Wildman–Crippen LogP) is 1.87. The second-order valence-corrected chi connectivity index (χ2v) is 5.33. The molecular formula is C15H19NO2. The van der Waals surface area contributed by atoms with E-state index in [4.69, 9.17) is 4.74 Å². The lowest BCUT2D eigenvalue weighted by Crippen LogP contribution is -2.52. The van der Waals surface area contributed by atoms with E-state index >= 15 is 0 Å². The minimum atomic E-state index is -0.0834. The number of carbonyl (C=O) groups is 1. The zero-order valence-corrected chi connectivity index (χ0v) is 10.5. The van der Waals surface area contributed by atoms with Gasteiger partial charge in [0, 0.05) is 6.54 Å². The summed E-state index contributed by atoms with van der Waals surface area (Å²) < 4.78 is 5.65. The maximum atomic E-state index is 11.9. The van der Waals surface area contributed by atoms with Gasteiger partial charge < -0.3 is 4.74 Å². The van der Waals surface area contributed by atoms with Crippen LogP contribution in [-0.4, -0.2) is 36.6 Å². The van der Waals surface area contributed by atoms with Gasteiger partial charge in [-0.3, -0.25) is 9.69 Å². The van der Waals surface area contributed by atoms with Crippen molar-refractivity contribution in [1.29, 1.82) is 0 Å². The van der Waals surface area contributed by atoms with Crippen LogP contribution in [0.5, 0.6) is 0 Å². The number of carbonyl (C=O) groups excluding carboxylic acids is 1. The molecule has 0 aromatic heterocycles. The standard InChI is InChI=1S/C15H19NO2/c17-15(10-12-4-2-1-3-5-12)18-14-11-16-8-6-13(14)7-9-16/h1-5,13-14H,6-11H2. The number of nitrogens with zero attached hydrogens (tertiary/aromatic N) is 1. The minimum Gasteiger partial charge on any atom is -0.460 e. The van der Waals surface area contributed by atoms with Crippen LogP contribution in [0.25, 0.3) is 0 Å². The second kappa shape index (κ2) is 5.11. The molecule has 0 saturated carbocycles. The average Bonchev–Trinajstić information content (AvgIpc) is 2.41. The van der Waals surface area contributed by atoms with Crippen LogP contribution in [0.1, 0.15) is 18.4 Å². The Morgan fingerprint density at radius 2 is 1.94 bits per heavy atom. The molecule has 96 valence electrons. The van der Waals surface area contributed by atoms with Gasteiger partial charge in [0.05, 0.1) is 6.42 Å². The van der Waals surface area contributed by atoms with Crippen LogP contribution in [-0.2, 0) is 16.0 Å². The highest BCUT2D eigenvalue weighted by Gasteiger charge is 2.36. The van der Waals surface area contributed by atoms with Gasteiger partial charge in [0.25, 0.3) is 0 Å². The maximum absolute atomic E-state index is 11.9. The molecule has 0 radical (unpaired) electrons. The Kier molecular flexibility index (Phi) is 3.33. The lowest BCUT2D eigenvalue weighted by Gasteiger charge is -2.43. The molecular weight excluding hydrogens is 226 g/mol. The van der Waals surface area contributed by atoms with Crippen molar-refractivity contribution in [3.63, 3.8) is 0 Å². The molecule has 0 aliphatic carbocycles. The van der Waals surface area contributed by atoms with Crippen LogP contribution in [0.15, 0.2) is 30.3 Å². The highest BCUT2D eigenvalue weighted by atomic mass is 16.5. The number of esters is 1. The monoisotopic (exact) mass is 245 g/mol. The molecule has 0 amide bonds. The van der Waals surface area contributed by atoms with Gasteiger partial charge in [-0.05, 0) is 37.4 Å². The van der Waals surface area contributed by atoms with E-state index < -0.39 is 0 Å². The lowest BCUT2D eigenvalue weighted by atomic mass is 9.86. The first-order valence-electron chi connectivity index (χ1n) is 6.77. The smallest absolute Gasteiger partial charge is 0.310 e. The summed E-state index contributed by atoms with van der Waals surface area (Å²) in [6, 6.07) is 9.81. The average molecular weight is 245 g/mol. The van der Waals surface area contributed by atoms with E-state index in [1.165, 1.54) is 25.9 Å². The van der Waals surface area contributed by atoms with Gasteiger partial charge in [0.2, 0.25) is 0 Å². The number of benzene rings is 1. The Hall–Kier alpha value is -1.35. The fraction of sp³-hybridized carbons (Fsp3) is 0.533.